The number of anilines is 1. The van der Waals surface area contributed by atoms with Crippen LogP contribution in [0.25, 0.3) is 0 Å². The Morgan fingerprint density at radius 3 is 3.06 bits per heavy atom. The van der Waals surface area contributed by atoms with Crippen LogP contribution >= 0.6 is 11.6 Å². The van der Waals surface area contributed by atoms with Gasteiger partial charge in [0.05, 0.1) is 11.7 Å². The number of carbonyl (C=O) groups is 1. The van der Waals surface area contributed by atoms with Crippen molar-refractivity contribution >= 4 is 23.4 Å². The van der Waals surface area contributed by atoms with Gasteiger partial charge < -0.3 is 15.2 Å². The monoisotopic (exact) mass is 270 g/mol. The Morgan fingerprint density at radius 2 is 2.44 bits per heavy atom. The van der Waals surface area contributed by atoms with Gasteiger partial charge in [-0.25, -0.2) is 9.78 Å². The molecular formula is C12H15ClN2O3. The van der Waals surface area contributed by atoms with Gasteiger partial charge in [-0.2, -0.15) is 0 Å². The molecule has 1 aliphatic heterocycles. The van der Waals surface area contributed by atoms with E-state index in [1.165, 1.54) is 12.1 Å². The van der Waals surface area contributed by atoms with Crippen LogP contribution in [-0.4, -0.2) is 35.3 Å². The van der Waals surface area contributed by atoms with Crippen LogP contribution in [-0.2, 0) is 4.74 Å². The Hall–Kier alpha value is -1.33. The molecule has 0 radical (unpaired) electrons. The van der Waals surface area contributed by atoms with E-state index in [2.05, 4.69) is 10.3 Å². The van der Waals surface area contributed by atoms with E-state index in [9.17, 15) is 4.79 Å². The number of aromatic carboxylic acids is 1. The normalized spacial score (nSPS) is 23.0. The average molecular weight is 271 g/mol. The molecular weight excluding hydrogens is 256 g/mol. The summed E-state index contributed by atoms with van der Waals surface area (Å²) >= 11 is 5.78. The molecule has 0 bridgehead atoms. The van der Waals surface area contributed by atoms with Crippen LogP contribution in [0.4, 0.5) is 5.82 Å². The molecule has 1 aromatic heterocycles. The highest BCUT2D eigenvalue weighted by Gasteiger charge is 2.23. The minimum absolute atomic E-state index is 0.133. The fraction of sp³-hybridized carbons (Fsp3) is 0.500. The molecule has 2 unspecified atom stereocenters. The third-order valence-electron chi connectivity index (χ3n) is 3.12. The zero-order valence-electron chi connectivity index (χ0n) is 10.0. The van der Waals surface area contributed by atoms with Crippen molar-refractivity contribution in [1.82, 2.24) is 4.98 Å². The lowest BCUT2D eigenvalue weighted by molar-refractivity contribution is 0.0696. The van der Waals surface area contributed by atoms with Gasteiger partial charge in [-0.15, -0.1) is 0 Å². The van der Waals surface area contributed by atoms with Crippen molar-refractivity contribution in [3.63, 3.8) is 0 Å². The predicted octanol–water partition coefficient (Wildman–Crippen LogP) is 2.27. The molecule has 2 N–H and O–H groups in total. The molecule has 1 fully saturated rings. The lowest BCUT2D eigenvalue weighted by Gasteiger charge is -2.15. The summed E-state index contributed by atoms with van der Waals surface area (Å²) in [5.74, 6) is -0.113. The van der Waals surface area contributed by atoms with E-state index in [1.807, 2.05) is 6.92 Å². The molecule has 2 heterocycles. The zero-order chi connectivity index (χ0) is 13.1. The van der Waals surface area contributed by atoms with Crippen LogP contribution in [0, 0.1) is 5.92 Å². The molecule has 2 rings (SSSR count). The number of ether oxygens (including phenoxy) is 1. The highest BCUT2D eigenvalue weighted by molar-refractivity contribution is 6.29. The summed E-state index contributed by atoms with van der Waals surface area (Å²) in [5.41, 5.74) is 0.133. The average Bonchev–Trinajstić information content (AvgIpc) is 2.71. The van der Waals surface area contributed by atoms with Crippen LogP contribution in [0.15, 0.2) is 12.1 Å². The van der Waals surface area contributed by atoms with Crippen LogP contribution in [0.5, 0.6) is 0 Å². The first-order valence-electron chi connectivity index (χ1n) is 5.82. The maximum atomic E-state index is 10.9. The fourth-order valence-electron chi connectivity index (χ4n) is 1.99. The lowest BCUT2D eigenvalue weighted by atomic mass is 10.0. The number of nitrogens with one attached hydrogen (secondary N) is 1. The second kappa shape index (κ2) is 5.54. The Morgan fingerprint density at radius 1 is 1.67 bits per heavy atom. The summed E-state index contributed by atoms with van der Waals surface area (Å²) in [5, 5.41) is 12.2. The van der Waals surface area contributed by atoms with E-state index in [1.54, 1.807) is 0 Å². The topological polar surface area (TPSA) is 71.5 Å². The number of rotatable bonds is 4. The van der Waals surface area contributed by atoms with Gasteiger partial charge in [-0.1, -0.05) is 11.6 Å². The van der Waals surface area contributed by atoms with Crippen molar-refractivity contribution in [3.8, 4) is 0 Å². The summed E-state index contributed by atoms with van der Waals surface area (Å²) in [7, 11) is 0. The maximum absolute atomic E-state index is 10.9. The van der Waals surface area contributed by atoms with Gasteiger partial charge >= 0.3 is 5.97 Å². The number of hydrogen-bond donors (Lipinski definition) is 2. The highest BCUT2D eigenvalue weighted by Crippen LogP contribution is 2.21. The highest BCUT2D eigenvalue weighted by atomic mass is 35.5. The number of halogens is 1. The molecule has 18 heavy (non-hydrogen) atoms. The zero-order valence-corrected chi connectivity index (χ0v) is 10.8. The second-order valence-electron chi connectivity index (χ2n) is 4.37. The number of carboxylic acid groups (broad SMARTS) is 1. The third-order valence-corrected chi connectivity index (χ3v) is 3.31. The van der Waals surface area contributed by atoms with E-state index in [4.69, 9.17) is 21.4 Å². The van der Waals surface area contributed by atoms with Crippen molar-refractivity contribution in [2.75, 3.05) is 18.5 Å². The molecule has 0 spiro atoms. The van der Waals surface area contributed by atoms with E-state index in [0.29, 0.717) is 18.3 Å². The Bertz CT molecular complexity index is 453. The molecule has 98 valence electrons. The molecule has 0 aliphatic carbocycles. The third kappa shape index (κ3) is 3.11. The predicted molar refractivity (Wildman–Crippen MR) is 68.2 cm³/mol. The standard InChI is InChI=1S/C12H15ClN2O3/c1-7-8(2-3-18-7)6-14-11-5-9(12(16)17)4-10(13)15-11/h4-5,7-8H,2-3,6H2,1H3,(H,14,15)(H,16,17). The summed E-state index contributed by atoms with van der Waals surface area (Å²) in [6, 6.07) is 2.81. The van der Waals surface area contributed by atoms with E-state index >= 15 is 0 Å². The number of nitrogens with zero attached hydrogens (tertiary/aromatic N) is 1. The molecule has 1 aromatic rings. The lowest BCUT2D eigenvalue weighted by Crippen LogP contribution is -2.21. The quantitative estimate of drug-likeness (QED) is 0.821. The molecule has 5 nitrogen and oxygen atoms in total. The second-order valence-corrected chi connectivity index (χ2v) is 4.76. The van der Waals surface area contributed by atoms with Gasteiger partial charge in [-0.05, 0) is 25.5 Å². The SMILES string of the molecule is CC1OCCC1CNc1cc(C(=O)O)cc(Cl)n1. The maximum Gasteiger partial charge on any atom is 0.335 e. The van der Waals surface area contributed by atoms with Crippen LogP contribution in [0.3, 0.4) is 0 Å². The fourth-order valence-corrected chi connectivity index (χ4v) is 2.20. The minimum atomic E-state index is -1.01. The molecule has 2 atom stereocenters. The summed E-state index contributed by atoms with van der Waals surface area (Å²) in [6.45, 7) is 3.51. The van der Waals surface area contributed by atoms with Gasteiger partial charge in [0.1, 0.15) is 11.0 Å². The van der Waals surface area contributed by atoms with E-state index < -0.39 is 5.97 Å². The number of pyridine rings is 1. The first-order chi connectivity index (χ1) is 8.56. The van der Waals surface area contributed by atoms with E-state index in [0.717, 1.165) is 13.0 Å². The first-order valence-corrected chi connectivity index (χ1v) is 6.20. The Labute approximate surface area is 110 Å². The molecule has 1 saturated heterocycles. The molecule has 0 aromatic carbocycles. The van der Waals surface area contributed by atoms with E-state index in [-0.39, 0.29) is 16.8 Å². The van der Waals surface area contributed by atoms with Crippen molar-refractivity contribution in [2.24, 2.45) is 5.92 Å². The smallest absolute Gasteiger partial charge is 0.335 e. The molecule has 1 aliphatic rings. The van der Waals surface area contributed by atoms with Gasteiger partial charge in [0.15, 0.2) is 0 Å². The molecule has 6 heteroatoms. The van der Waals surface area contributed by atoms with Crippen molar-refractivity contribution in [3.05, 3.63) is 22.8 Å². The number of aromatic nitrogens is 1. The van der Waals surface area contributed by atoms with Gasteiger partial charge in [-0.3, -0.25) is 0 Å². The van der Waals surface area contributed by atoms with Crippen LogP contribution < -0.4 is 5.32 Å². The Kier molecular flexibility index (Phi) is 4.04. The van der Waals surface area contributed by atoms with Crippen LogP contribution in [0.2, 0.25) is 5.15 Å². The van der Waals surface area contributed by atoms with Gasteiger partial charge in [0.25, 0.3) is 0 Å². The summed E-state index contributed by atoms with van der Waals surface area (Å²) < 4.78 is 5.46. The minimum Gasteiger partial charge on any atom is -0.478 e. The van der Waals surface area contributed by atoms with Crippen LogP contribution in [0.1, 0.15) is 23.7 Å². The summed E-state index contributed by atoms with van der Waals surface area (Å²) in [6.07, 6.45) is 1.22. The number of carboxylic acids is 1. The van der Waals surface area contributed by atoms with Crippen molar-refractivity contribution < 1.29 is 14.6 Å². The molecule has 0 saturated carbocycles. The molecule has 0 amide bonds. The Balaban J connectivity index is 2.02. The summed E-state index contributed by atoms with van der Waals surface area (Å²) in [4.78, 5) is 14.9. The van der Waals surface area contributed by atoms with Crippen molar-refractivity contribution in [1.29, 1.82) is 0 Å². The first kappa shape index (κ1) is 13.1. The van der Waals surface area contributed by atoms with Gasteiger partial charge in [0.2, 0.25) is 0 Å². The largest absolute Gasteiger partial charge is 0.478 e. The van der Waals surface area contributed by atoms with Gasteiger partial charge in [0, 0.05) is 19.1 Å². The number of hydrogen-bond acceptors (Lipinski definition) is 4. The van der Waals surface area contributed by atoms with Crippen molar-refractivity contribution in [2.45, 2.75) is 19.4 Å².